The minimum Gasteiger partial charge on any atom is -0.301 e. The Bertz CT molecular complexity index is 166. The standard InChI is InChI=1S/C14H29N/c1-11(2)13(5)10-14-6-8-15(9-7-14)12(3)4/h11-14H,6-10H2,1-5H3. The van der Waals surface area contributed by atoms with E-state index >= 15 is 0 Å². The lowest BCUT2D eigenvalue weighted by molar-refractivity contribution is 0.133. The van der Waals surface area contributed by atoms with E-state index in [1.54, 1.807) is 0 Å². The van der Waals surface area contributed by atoms with Gasteiger partial charge in [0.05, 0.1) is 0 Å². The van der Waals surface area contributed by atoms with Crippen molar-refractivity contribution in [2.75, 3.05) is 13.1 Å². The van der Waals surface area contributed by atoms with E-state index in [2.05, 4.69) is 39.5 Å². The molecule has 0 aromatic heterocycles. The summed E-state index contributed by atoms with van der Waals surface area (Å²) in [5.74, 6) is 2.76. The monoisotopic (exact) mass is 211 g/mol. The SMILES string of the molecule is CC(C)C(C)CC1CCN(C(C)C)CC1. The lowest BCUT2D eigenvalue weighted by atomic mass is 9.83. The molecule has 1 saturated heterocycles. The molecule has 0 N–H and O–H groups in total. The summed E-state index contributed by atoms with van der Waals surface area (Å²) in [6.07, 6.45) is 4.30. The lowest BCUT2D eigenvalue weighted by Gasteiger charge is -2.36. The predicted molar refractivity (Wildman–Crippen MR) is 68.1 cm³/mol. The van der Waals surface area contributed by atoms with Gasteiger partial charge in [-0.2, -0.15) is 0 Å². The van der Waals surface area contributed by atoms with Crippen LogP contribution in [0.1, 0.15) is 53.9 Å². The molecule has 0 spiro atoms. The van der Waals surface area contributed by atoms with Gasteiger partial charge in [-0.25, -0.2) is 0 Å². The van der Waals surface area contributed by atoms with Crippen LogP contribution in [-0.2, 0) is 0 Å². The maximum Gasteiger partial charge on any atom is 0.00385 e. The van der Waals surface area contributed by atoms with Crippen LogP contribution in [0.2, 0.25) is 0 Å². The van der Waals surface area contributed by atoms with E-state index < -0.39 is 0 Å². The first-order valence-corrected chi connectivity index (χ1v) is 6.74. The van der Waals surface area contributed by atoms with Gasteiger partial charge in [-0.05, 0) is 64.0 Å². The highest BCUT2D eigenvalue weighted by molar-refractivity contribution is 4.76. The highest BCUT2D eigenvalue weighted by Crippen LogP contribution is 2.28. The molecule has 0 saturated carbocycles. The minimum absolute atomic E-state index is 0.744. The third-order valence-electron chi connectivity index (χ3n) is 4.22. The molecule has 1 unspecified atom stereocenters. The Hall–Kier alpha value is -0.0400. The van der Waals surface area contributed by atoms with Crippen molar-refractivity contribution in [3.05, 3.63) is 0 Å². The maximum atomic E-state index is 2.62. The molecule has 15 heavy (non-hydrogen) atoms. The second kappa shape index (κ2) is 5.89. The van der Waals surface area contributed by atoms with Gasteiger partial charge in [0.25, 0.3) is 0 Å². The molecule has 0 aromatic carbocycles. The molecule has 1 heteroatoms. The van der Waals surface area contributed by atoms with Gasteiger partial charge in [-0.1, -0.05) is 20.8 Å². The maximum absolute atomic E-state index is 2.62. The minimum atomic E-state index is 0.744. The lowest BCUT2D eigenvalue weighted by Crippen LogP contribution is -2.38. The fraction of sp³-hybridized carbons (Fsp3) is 1.00. The molecule has 90 valence electrons. The number of hydrogen-bond donors (Lipinski definition) is 0. The molecular formula is C14H29N. The van der Waals surface area contributed by atoms with E-state index in [1.807, 2.05) is 0 Å². The molecule has 0 radical (unpaired) electrons. The third-order valence-corrected chi connectivity index (χ3v) is 4.22. The van der Waals surface area contributed by atoms with Gasteiger partial charge in [-0.15, -0.1) is 0 Å². The van der Waals surface area contributed by atoms with E-state index in [4.69, 9.17) is 0 Å². The largest absolute Gasteiger partial charge is 0.301 e. The molecule has 0 bridgehead atoms. The average Bonchev–Trinajstić information content (AvgIpc) is 2.18. The zero-order valence-electron chi connectivity index (χ0n) is 11.3. The zero-order chi connectivity index (χ0) is 11.4. The number of likely N-dealkylation sites (tertiary alicyclic amines) is 1. The van der Waals surface area contributed by atoms with E-state index in [9.17, 15) is 0 Å². The molecule has 1 aliphatic heterocycles. The Morgan fingerprint density at radius 3 is 1.93 bits per heavy atom. The molecule has 1 atom stereocenters. The first kappa shape index (κ1) is 13.0. The van der Waals surface area contributed by atoms with Crippen LogP contribution in [0.25, 0.3) is 0 Å². The average molecular weight is 211 g/mol. The summed E-state index contributed by atoms with van der Waals surface area (Å²) in [5, 5.41) is 0. The topological polar surface area (TPSA) is 3.24 Å². The number of rotatable bonds is 4. The van der Waals surface area contributed by atoms with Crippen molar-refractivity contribution in [1.29, 1.82) is 0 Å². The molecule has 1 rings (SSSR count). The van der Waals surface area contributed by atoms with Gasteiger partial charge in [-0.3, -0.25) is 0 Å². The first-order valence-electron chi connectivity index (χ1n) is 6.74. The summed E-state index contributed by atoms with van der Waals surface area (Å²) < 4.78 is 0. The highest BCUT2D eigenvalue weighted by atomic mass is 15.1. The van der Waals surface area contributed by atoms with Crippen LogP contribution in [0.15, 0.2) is 0 Å². The summed E-state index contributed by atoms with van der Waals surface area (Å²) in [7, 11) is 0. The normalized spacial score (nSPS) is 22.6. The molecule has 1 heterocycles. The Morgan fingerprint density at radius 1 is 1.00 bits per heavy atom. The Morgan fingerprint density at radius 2 is 1.53 bits per heavy atom. The second-order valence-electron chi connectivity index (χ2n) is 6.03. The van der Waals surface area contributed by atoms with Gasteiger partial charge in [0.1, 0.15) is 0 Å². The van der Waals surface area contributed by atoms with E-state index in [0.717, 1.165) is 23.8 Å². The first-order chi connectivity index (χ1) is 7.00. The Kier molecular flexibility index (Phi) is 5.11. The fourth-order valence-corrected chi connectivity index (χ4v) is 2.50. The van der Waals surface area contributed by atoms with Crippen molar-refractivity contribution < 1.29 is 0 Å². The van der Waals surface area contributed by atoms with Crippen molar-refractivity contribution >= 4 is 0 Å². The van der Waals surface area contributed by atoms with Crippen molar-refractivity contribution in [2.24, 2.45) is 17.8 Å². The van der Waals surface area contributed by atoms with Crippen LogP contribution in [0.4, 0.5) is 0 Å². The van der Waals surface area contributed by atoms with Gasteiger partial charge >= 0.3 is 0 Å². The summed E-state index contributed by atoms with van der Waals surface area (Å²) in [5.41, 5.74) is 0. The molecular weight excluding hydrogens is 182 g/mol. The van der Waals surface area contributed by atoms with Crippen molar-refractivity contribution in [3.8, 4) is 0 Å². The Balaban J connectivity index is 2.25. The smallest absolute Gasteiger partial charge is 0.00385 e. The van der Waals surface area contributed by atoms with Crippen LogP contribution in [0.5, 0.6) is 0 Å². The van der Waals surface area contributed by atoms with Gasteiger partial charge in [0, 0.05) is 6.04 Å². The van der Waals surface area contributed by atoms with Crippen LogP contribution >= 0.6 is 0 Å². The predicted octanol–water partition coefficient (Wildman–Crippen LogP) is 3.79. The highest BCUT2D eigenvalue weighted by Gasteiger charge is 2.22. The molecule has 1 nitrogen and oxygen atoms in total. The molecule has 1 fully saturated rings. The summed E-state index contributed by atoms with van der Waals surface area (Å²) in [4.78, 5) is 2.62. The van der Waals surface area contributed by atoms with Crippen molar-refractivity contribution in [2.45, 2.75) is 59.9 Å². The Labute approximate surface area is 96.2 Å². The number of piperidine rings is 1. The second-order valence-corrected chi connectivity index (χ2v) is 6.03. The van der Waals surface area contributed by atoms with Crippen molar-refractivity contribution in [1.82, 2.24) is 4.90 Å². The van der Waals surface area contributed by atoms with E-state index in [0.29, 0.717) is 0 Å². The summed E-state index contributed by atoms with van der Waals surface area (Å²) >= 11 is 0. The fourth-order valence-electron chi connectivity index (χ4n) is 2.50. The molecule has 0 amide bonds. The van der Waals surface area contributed by atoms with E-state index in [-0.39, 0.29) is 0 Å². The van der Waals surface area contributed by atoms with Crippen LogP contribution < -0.4 is 0 Å². The van der Waals surface area contributed by atoms with Gasteiger partial charge in [0.15, 0.2) is 0 Å². The van der Waals surface area contributed by atoms with Gasteiger partial charge < -0.3 is 4.90 Å². The van der Waals surface area contributed by atoms with Gasteiger partial charge in [0.2, 0.25) is 0 Å². The van der Waals surface area contributed by atoms with Crippen LogP contribution in [-0.4, -0.2) is 24.0 Å². The molecule has 0 aromatic rings. The van der Waals surface area contributed by atoms with Crippen LogP contribution in [0.3, 0.4) is 0 Å². The van der Waals surface area contributed by atoms with Crippen LogP contribution in [0, 0.1) is 17.8 Å². The zero-order valence-corrected chi connectivity index (χ0v) is 11.3. The van der Waals surface area contributed by atoms with Crippen molar-refractivity contribution in [3.63, 3.8) is 0 Å². The summed E-state index contributed by atoms with van der Waals surface area (Å²) in [6.45, 7) is 14.4. The number of nitrogens with zero attached hydrogens (tertiary/aromatic N) is 1. The number of hydrogen-bond acceptors (Lipinski definition) is 1. The molecule has 1 aliphatic rings. The quantitative estimate of drug-likeness (QED) is 0.684. The molecule has 0 aliphatic carbocycles. The van der Waals surface area contributed by atoms with E-state index in [1.165, 1.54) is 32.4 Å². The summed E-state index contributed by atoms with van der Waals surface area (Å²) in [6, 6.07) is 0.744. The third kappa shape index (κ3) is 4.14.